The van der Waals surface area contributed by atoms with Gasteiger partial charge in [0.05, 0.1) is 6.20 Å². The van der Waals surface area contributed by atoms with Gasteiger partial charge in [0.2, 0.25) is 0 Å². The highest BCUT2D eigenvalue weighted by atomic mass is 16.5. The van der Waals surface area contributed by atoms with E-state index < -0.39 is 0 Å². The molecule has 1 saturated carbocycles. The number of aromatic nitrogens is 2. The molecule has 0 spiro atoms. The molecule has 3 aromatic rings. The first-order valence-corrected chi connectivity index (χ1v) is 11.0. The van der Waals surface area contributed by atoms with Crippen LogP contribution in [0.3, 0.4) is 0 Å². The summed E-state index contributed by atoms with van der Waals surface area (Å²) < 4.78 is 6.10. The molecule has 6 rings (SSSR count). The molecule has 1 N–H and O–H groups in total. The Morgan fingerprint density at radius 2 is 2.00 bits per heavy atom. The second kappa shape index (κ2) is 6.48. The molecular formula is C26H28N2O. The highest BCUT2D eigenvalue weighted by Gasteiger charge is 2.53. The van der Waals surface area contributed by atoms with Crippen molar-refractivity contribution in [3.63, 3.8) is 0 Å². The molecule has 3 nitrogen and oxygen atoms in total. The Hall–Kier alpha value is -2.55. The van der Waals surface area contributed by atoms with E-state index in [1.165, 1.54) is 54.5 Å². The third-order valence-electron chi connectivity index (χ3n) is 8.06. The first kappa shape index (κ1) is 17.3. The van der Waals surface area contributed by atoms with Gasteiger partial charge in [-0.15, -0.1) is 0 Å². The van der Waals surface area contributed by atoms with E-state index in [4.69, 9.17) is 4.74 Å². The lowest BCUT2D eigenvalue weighted by Gasteiger charge is -2.49. The van der Waals surface area contributed by atoms with Crippen LogP contribution < -0.4 is 4.74 Å². The average molecular weight is 385 g/mol. The Morgan fingerprint density at radius 1 is 1.10 bits per heavy atom. The topological polar surface area (TPSA) is 37.9 Å². The maximum Gasteiger partial charge on any atom is 0.120 e. The lowest BCUT2D eigenvalue weighted by molar-refractivity contribution is 0.103. The van der Waals surface area contributed by atoms with Gasteiger partial charge in [0.15, 0.2) is 0 Å². The Morgan fingerprint density at radius 3 is 2.90 bits per heavy atom. The zero-order valence-corrected chi connectivity index (χ0v) is 17.0. The number of benzene rings is 2. The molecule has 0 saturated heterocycles. The van der Waals surface area contributed by atoms with Crippen molar-refractivity contribution in [1.29, 1.82) is 0 Å². The minimum absolute atomic E-state index is 0.295. The zero-order valence-electron chi connectivity index (χ0n) is 17.0. The van der Waals surface area contributed by atoms with Crippen LogP contribution >= 0.6 is 0 Å². The van der Waals surface area contributed by atoms with E-state index in [1.807, 2.05) is 6.07 Å². The number of aryl methyl sites for hydroxylation is 1. The minimum Gasteiger partial charge on any atom is -0.489 e. The SMILES string of the molecule is C[C@]12CCC3c4ccc(OCc5ccccc5)cc4CCC3C1Cc1cn[nH]c12. The summed E-state index contributed by atoms with van der Waals surface area (Å²) in [5.74, 6) is 3.26. The third-order valence-corrected chi connectivity index (χ3v) is 8.06. The van der Waals surface area contributed by atoms with Crippen molar-refractivity contribution < 1.29 is 4.74 Å². The van der Waals surface area contributed by atoms with Gasteiger partial charge in [0.25, 0.3) is 0 Å². The molecular weight excluding hydrogens is 356 g/mol. The van der Waals surface area contributed by atoms with Crippen LogP contribution in [0.5, 0.6) is 5.75 Å². The Labute approximate surface area is 172 Å². The fourth-order valence-corrected chi connectivity index (χ4v) is 6.59. The number of hydrogen-bond acceptors (Lipinski definition) is 2. The van der Waals surface area contributed by atoms with Gasteiger partial charge in [-0.2, -0.15) is 5.10 Å². The number of fused-ring (bicyclic) bond motifs is 7. The van der Waals surface area contributed by atoms with E-state index in [1.54, 1.807) is 5.56 Å². The van der Waals surface area contributed by atoms with Gasteiger partial charge < -0.3 is 4.74 Å². The predicted octanol–water partition coefficient (Wildman–Crippen LogP) is 5.56. The standard InChI is InChI=1S/C26H28N2O/c1-26-12-11-22-21-10-8-20(29-16-17-5-3-2-4-6-17)13-18(21)7-9-23(22)24(26)14-19-15-27-28-25(19)26/h2-6,8,10,13,15,22-24H,7,9,11-12,14,16H2,1H3,(H,27,28)/t22?,23?,24?,26-/m0/s1. The van der Waals surface area contributed by atoms with Crippen molar-refractivity contribution in [3.05, 3.63) is 82.7 Å². The number of aromatic amines is 1. The number of ether oxygens (including phenoxy) is 1. The highest BCUT2D eigenvalue weighted by molar-refractivity contribution is 5.43. The number of rotatable bonds is 3. The summed E-state index contributed by atoms with van der Waals surface area (Å²) in [5.41, 5.74) is 7.51. The number of nitrogens with zero attached hydrogens (tertiary/aromatic N) is 1. The normalized spacial score (nSPS) is 29.5. The summed E-state index contributed by atoms with van der Waals surface area (Å²) >= 11 is 0. The van der Waals surface area contributed by atoms with Gasteiger partial charge in [-0.1, -0.05) is 43.3 Å². The van der Waals surface area contributed by atoms with Crippen molar-refractivity contribution in [1.82, 2.24) is 10.2 Å². The van der Waals surface area contributed by atoms with Crippen LogP contribution in [0.1, 0.15) is 60.1 Å². The number of hydrogen-bond donors (Lipinski definition) is 1. The largest absolute Gasteiger partial charge is 0.489 e. The molecule has 3 aliphatic carbocycles. The van der Waals surface area contributed by atoms with Gasteiger partial charge in [0.1, 0.15) is 12.4 Å². The van der Waals surface area contributed by atoms with Crippen LogP contribution in [-0.4, -0.2) is 10.2 Å². The van der Waals surface area contributed by atoms with Gasteiger partial charge in [-0.25, -0.2) is 0 Å². The number of H-pyrrole nitrogens is 1. The summed E-state index contributed by atoms with van der Waals surface area (Å²) in [5, 5.41) is 7.67. The molecule has 1 fully saturated rings. The maximum absolute atomic E-state index is 6.10. The maximum atomic E-state index is 6.10. The molecule has 0 radical (unpaired) electrons. The highest BCUT2D eigenvalue weighted by Crippen LogP contribution is 2.59. The van der Waals surface area contributed by atoms with E-state index in [0.717, 1.165) is 17.6 Å². The van der Waals surface area contributed by atoms with E-state index in [0.29, 0.717) is 17.9 Å². The first-order chi connectivity index (χ1) is 14.2. The molecule has 4 atom stereocenters. The van der Waals surface area contributed by atoms with Gasteiger partial charge in [0, 0.05) is 11.1 Å². The van der Waals surface area contributed by atoms with Crippen LogP contribution in [0.15, 0.2) is 54.7 Å². The third kappa shape index (κ3) is 2.67. The summed E-state index contributed by atoms with van der Waals surface area (Å²) in [4.78, 5) is 0. The summed E-state index contributed by atoms with van der Waals surface area (Å²) in [6.45, 7) is 3.12. The van der Waals surface area contributed by atoms with Crippen molar-refractivity contribution >= 4 is 0 Å². The van der Waals surface area contributed by atoms with Gasteiger partial charge in [-0.3, -0.25) is 5.10 Å². The molecule has 1 aromatic heterocycles. The second-order valence-electron chi connectivity index (χ2n) is 9.48. The van der Waals surface area contributed by atoms with Crippen molar-refractivity contribution in [2.75, 3.05) is 0 Å². The van der Waals surface area contributed by atoms with Crippen molar-refractivity contribution in [2.45, 2.75) is 57.0 Å². The van der Waals surface area contributed by atoms with Gasteiger partial charge in [-0.05, 0) is 84.2 Å². The van der Waals surface area contributed by atoms with Crippen LogP contribution in [0, 0.1) is 11.8 Å². The van der Waals surface area contributed by atoms with Crippen LogP contribution in [0.25, 0.3) is 0 Å². The van der Waals surface area contributed by atoms with E-state index in [2.05, 4.69) is 65.8 Å². The Kier molecular flexibility index (Phi) is 3.87. The van der Waals surface area contributed by atoms with Crippen LogP contribution in [-0.2, 0) is 24.9 Å². The fraction of sp³-hybridized carbons (Fsp3) is 0.423. The molecule has 29 heavy (non-hydrogen) atoms. The fourth-order valence-electron chi connectivity index (χ4n) is 6.59. The lowest BCUT2D eigenvalue weighted by Crippen LogP contribution is -2.43. The van der Waals surface area contributed by atoms with Crippen LogP contribution in [0.4, 0.5) is 0 Å². The summed E-state index contributed by atoms with van der Waals surface area (Å²) in [6, 6.07) is 17.3. The van der Waals surface area contributed by atoms with Crippen LogP contribution in [0.2, 0.25) is 0 Å². The zero-order chi connectivity index (χ0) is 19.4. The Bertz CT molecular complexity index is 1040. The molecule has 0 bridgehead atoms. The van der Waals surface area contributed by atoms with Crippen molar-refractivity contribution in [2.24, 2.45) is 11.8 Å². The minimum atomic E-state index is 0.295. The smallest absolute Gasteiger partial charge is 0.120 e. The van der Waals surface area contributed by atoms with E-state index in [9.17, 15) is 0 Å². The Balaban J connectivity index is 1.24. The number of nitrogens with one attached hydrogen (secondary N) is 1. The summed E-state index contributed by atoms with van der Waals surface area (Å²) in [6.07, 6.45) is 8.31. The van der Waals surface area contributed by atoms with E-state index in [-0.39, 0.29) is 0 Å². The second-order valence-corrected chi connectivity index (χ2v) is 9.48. The predicted molar refractivity (Wildman–Crippen MR) is 114 cm³/mol. The lowest BCUT2D eigenvalue weighted by atomic mass is 9.55. The molecule has 0 aliphatic heterocycles. The molecule has 3 heteroatoms. The molecule has 148 valence electrons. The van der Waals surface area contributed by atoms with E-state index >= 15 is 0 Å². The molecule has 3 unspecified atom stereocenters. The molecule has 1 heterocycles. The molecule has 2 aromatic carbocycles. The average Bonchev–Trinajstić information content (AvgIpc) is 3.33. The first-order valence-electron chi connectivity index (χ1n) is 11.0. The van der Waals surface area contributed by atoms with Gasteiger partial charge >= 0.3 is 0 Å². The molecule has 0 amide bonds. The van der Waals surface area contributed by atoms with Crippen molar-refractivity contribution in [3.8, 4) is 5.75 Å². The summed E-state index contributed by atoms with van der Waals surface area (Å²) in [7, 11) is 0. The quantitative estimate of drug-likeness (QED) is 0.642. The monoisotopic (exact) mass is 384 g/mol. The molecule has 3 aliphatic rings.